The third-order valence-electron chi connectivity index (χ3n) is 3.47. The number of carbonyl (C=O) groups excluding carboxylic acids is 1. The molecular formula is C15H19N3O2S2. The SMILES string of the molecule is O=C(CCc1cccs1)Nc1nc(CN2CCOCC2)cs1. The van der Waals surface area contributed by atoms with Gasteiger partial charge >= 0.3 is 0 Å². The number of morpholine rings is 1. The fraction of sp³-hybridized carbons (Fsp3) is 0.467. The Bertz CT molecular complexity index is 592. The molecule has 2 aromatic heterocycles. The van der Waals surface area contributed by atoms with Crippen molar-refractivity contribution in [2.24, 2.45) is 0 Å². The van der Waals surface area contributed by atoms with Gasteiger partial charge in [0.2, 0.25) is 5.91 Å². The van der Waals surface area contributed by atoms with Crippen LogP contribution >= 0.6 is 22.7 Å². The van der Waals surface area contributed by atoms with E-state index in [1.54, 1.807) is 11.3 Å². The van der Waals surface area contributed by atoms with Gasteiger partial charge < -0.3 is 10.1 Å². The Morgan fingerprint density at radius 2 is 2.23 bits per heavy atom. The van der Waals surface area contributed by atoms with Gasteiger partial charge in [-0.25, -0.2) is 4.98 Å². The van der Waals surface area contributed by atoms with Gasteiger partial charge in [0.05, 0.1) is 18.9 Å². The zero-order chi connectivity index (χ0) is 15.2. The van der Waals surface area contributed by atoms with E-state index >= 15 is 0 Å². The van der Waals surface area contributed by atoms with Crippen molar-refractivity contribution in [3.05, 3.63) is 33.5 Å². The molecule has 118 valence electrons. The molecule has 0 spiro atoms. The third kappa shape index (κ3) is 4.61. The second-order valence-electron chi connectivity index (χ2n) is 5.16. The number of carbonyl (C=O) groups is 1. The molecule has 5 nitrogen and oxygen atoms in total. The maximum Gasteiger partial charge on any atom is 0.226 e. The minimum atomic E-state index is 0.0284. The number of nitrogens with zero attached hydrogens (tertiary/aromatic N) is 2. The molecule has 3 rings (SSSR count). The van der Waals surface area contributed by atoms with Crippen molar-refractivity contribution in [1.82, 2.24) is 9.88 Å². The van der Waals surface area contributed by atoms with E-state index < -0.39 is 0 Å². The predicted octanol–water partition coefficient (Wildman–Crippen LogP) is 2.61. The Morgan fingerprint density at radius 1 is 1.36 bits per heavy atom. The number of amides is 1. The van der Waals surface area contributed by atoms with Crippen molar-refractivity contribution >= 4 is 33.7 Å². The van der Waals surface area contributed by atoms with E-state index in [4.69, 9.17) is 4.74 Å². The Labute approximate surface area is 137 Å². The molecule has 1 amide bonds. The lowest BCUT2D eigenvalue weighted by Crippen LogP contribution is -2.35. The lowest BCUT2D eigenvalue weighted by atomic mass is 10.2. The zero-order valence-electron chi connectivity index (χ0n) is 12.3. The molecule has 0 aliphatic carbocycles. The van der Waals surface area contributed by atoms with Gasteiger partial charge in [-0.2, -0.15) is 0 Å². The van der Waals surface area contributed by atoms with Crippen molar-refractivity contribution in [3.8, 4) is 0 Å². The standard InChI is InChI=1S/C15H19N3O2S2/c19-14(4-3-13-2-1-9-21-13)17-15-16-12(11-22-15)10-18-5-7-20-8-6-18/h1-2,9,11H,3-8,10H2,(H,16,17,19). The van der Waals surface area contributed by atoms with Crippen LogP contribution in [0.2, 0.25) is 0 Å². The van der Waals surface area contributed by atoms with Crippen molar-refractivity contribution in [3.63, 3.8) is 0 Å². The number of hydrogen-bond acceptors (Lipinski definition) is 6. The lowest BCUT2D eigenvalue weighted by Gasteiger charge is -2.25. The number of nitrogens with one attached hydrogen (secondary N) is 1. The number of aromatic nitrogens is 1. The van der Waals surface area contributed by atoms with E-state index in [0.717, 1.165) is 45.0 Å². The first-order valence-corrected chi connectivity index (χ1v) is 9.12. The highest BCUT2D eigenvalue weighted by molar-refractivity contribution is 7.14. The van der Waals surface area contributed by atoms with E-state index in [-0.39, 0.29) is 5.91 Å². The topological polar surface area (TPSA) is 54.5 Å². The summed E-state index contributed by atoms with van der Waals surface area (Å²) >= 11 is 3.18. The van der Waals surface area contributed by atoms with Crippen LogP contribution in [0.15, 0.2) is 22.9 Å². The molecule has 1 aliphatic heterocycles. The molecule has 1 aliphatic rings. The molecule has 0 saturated carbocycles. The van der Waals surface area contributed by atoms with Crippen LogP contribution in [0.1, 0.15) is 17.0 Å². The van der Waals surface area contributed by atoms with Gasteiger partial charge in [-0.3, -0.25) is 9.69 Å². The number of thiazole rings is 1. The molecule has 7 heteroatoms. The molecule has 2 aromatic rings. The number of aryl methyl sites for hydroxylation is 1. The van der Waals surface area contributed by atoms with E-state index in [1.807, 2.05) is 16.8 Å². The minimum absolute atomic E-state index is 0.0284. The van der Waals surface area contributed by atoms with Crippen molar-refractivity contribution in [2.75, 3.05) is 31.6 Å². The summed E-state index contributed by atoms with van der Waals surface area (Å²) in [6.45, 7) is 4.29. The molecule has 0 atom stereocenters. The van der Waals surface area contributed by atoms with Crippen molar-refractivity contribution in [1.29, 1.82) is 0 Å². The fourth-order valence-corrected chi connectivity index (χ4v) is 3.73. The smallest absolute Gasteiger partial charge is 0.226 e. The number of anilines is 1. The van der Waals surface area contributed by atoms with Crippen molar-refractivity contribution in [2.45, 2.75) is 19.4 Å². The van der Waals surface area contributed by atoms with Crippen LogP contribution in [0.5, 0.6) is 0 Å². The van der Waals surface area contributed by atoms with Crippen LogP contribution in [0.3, 0.4) is 0 Å². The van der Waals surface area contributed by atoms with E-state index in [1.165, 1.54) is 16.2 Å². The molecule has 1 saturated heterocycles. The number of ether oxygens (including phenoxy) is 1. The highest BCUT2D eigenvalue weighted by Gasteiger charge is 2.13. The molecule has 0 unspecified atom stereocenters. The predicted molar refractivity (Wildman–Crippen MR) is 89.5 cm³/mol. The maximum absolute atomic E-state index is 11.9. The Morgan fingerprint density at radius 3 is 3.00 bits per heavy atom. The number of hydrogen-bond donors (Lipinski definition) is 1. The van der Waals surface area contributed by atoms with Crippen LogP contribution in [-0.4, -0.2) is 42.1 Å². The average Bonchev–Trinajstić information content (AvgIpc) is 3.18. The summed E-state index contributed by atoms with van der Waals surface area (Å²) < 4.78 is 5.34. The largest absolute Gasteiger partial charge is 0.379 e. The van der Waals surface area contributed by atoms with Gasteiger partial charge in [0.25, 0.3) is 0 Å². The molecule has 3 heterocycles. The highest BCUT2D eigenvalue weighted by atomic mass is 32.1. The van der Waals surface area contributed by atoms with Crippen LogP contribution in [-0.2, 0) is 22.5 Å². The lowest BCUT2D eigenvalue weighted by molar-refractivity contribution is -0.116. The molecule has 0 aromatic carbocycles. The molecule has 22 heavy (non-hydrogen) atoms. The van der Waals surface area contributed by atoms with Crippen LogP contribution < -0.4 is 5.32 Å². The molecule has 0 radical (unpaired) electrons. The summed E-state index contributed by atoms with van der Waals surface area (Å²) in [6, 6.07) is 4.07. The fourth-order valence-electron chi connectivity index (χ4n) is 2.30. The van der Waals surface area contributed by atoms with E-state index in [2.05, 4.69) is 21.3 Å². The summed E-state index contributed by atoms with van der Waals surface area (Å²) in [5.74, 6) is 0.0284. The summed E-state index contributed by atoms with van der Waals surface area (Å²) in [5, 5.41) is 7.64. The molecular weight excluding hydrogens is 318 g/mol. The molecule has 1 fully saturated rings. The van der Waals surface area contributed by atoms with Gasteiger partial charge in [0, 0.05) is 36.3 Å². The van der Waals surface area contributed by atoms with Crippen LogP contribution in [0.4, 0.5) is 5.13 Å². The zero-order valence-corrected chi connectivity index (χ0v) is 13.9. The highest BCUT2D eigenvalue weighted by Crippen LogP contribution is 2.18. The van der Waals surface area contributed by atoms with Crippen LogP contribution in [0, 0.1) is 0 Å². The minimum Gasteiger partial charge on any atom is -0.379 e. The van der Waals surface area contributed by atoms with Gasteiger partial charge in [0.15, 0.2) is 5.13 Å². The first kappa shape index (κ1) is 15.6. The van der Waals surface area contributed by atoms with E-state index in [9.17, 15) is 4.79 Å². The molecule has 1 N–H and O–H groups in total. The monoisotopic (exact) mass is 337 g/mol. The van der Waals surface area contributed by atoms with Crippen molar-refractivity contribution < 1.29 is 9.53 Å². The normalized spacial score (nSPS) is 15.8. The summed E-state index contributed by atoms with van der Waals surface area (Å²) in [7, 11) is 0. The quantitative estimate of drug-likeness (QED) is 0.880. The average molecular weight is 337 g/mol. The second kappa shape index (κ2) is 7.82. The molecule has 0 bridgehead atoms. The van der Waals surface area contributed by atoms with Gasteiger partial charge in [-0.15, -0.1) is 22.7 Å². The number of thiophene rings is 1. The first-order chi connectivity index (χ1) is 10.8. The Kier molecular flexibility index (Phi) is 5.55. The number of rotatable bonds is 6. The maximum atomic E-state index is 11.9. The summed E-state index contributed by atoms with van der Waals surface area (Å²) in [6.07, 6.45) is 1.29. The van der Waals surface area contributed by atoms with Gasteiger partial charge in [-0.05, 0) is 17.9 Å². The van der Waals surface area contributed by atoms with E-state index in [0.29, 0.717) is 11.6 Å². The Balaban J connectivity index is 1.45. The van der Waals surface area contributed by atoms with Crippen LogP contribution in [0.25, 0.3) is 0 Å². The Hall–Kier alpha value is -1.28. The summed E-state index contributed by atoms with van der Waals surface area (Å²) in [5.41, 5.74) is 1.01. The first-order valence-electron chi connectivity index (χ1n) is 7.36. The third-order valence-corrected chi connectivity index (χ3v) is 5.21. The van der Waals surface area contributed by atoms with Gasteiger partial charge in [0.1, 0.15) is 0 Å². The second-order valence-corrected chi connectivity index (χ2v) is 7.05. The summed E-state index contributed by atoms with van der Waals surface area (Å²) in [4.78, 5) is 20.0. The van der Waals surface area contributed by atoms with Gasteiger partial charge in [-0.1, -0.05) is 6.07 Å².